The van der Waals surface area contributed by atoms with Crippen LogP contribution in [0.2, 0.25) is 0 Å². The van der Waals surface area contributed by atoms with E-state index in [0.717, 1.165) is 14.4 Å². The molecular formula is C14H17BrN2O3S. The predicted octanol–water partition coefficient (Wildman–Crippen LogP) is 3.46. The fraction of sp³-hybridized carbons (Fsp3) is 0.357. The minimum absolute atomic E-state index is 0.132. The normalized spacial score (nSPS) is 10.6. The van der Waals surface area contributed by atoms with Crippen LogP contribution in [0.15, 0.2) is 38.7 Å². The molecule has 0 unspecified atom stereocenters. The van der Waals surface area contributed by atoms with Gasteiger partial charge in [0.1, 0.15) is 5.76 Å². The molecule has 0 aliphatic rings. The summed E-state index contributed by atoms with van der Waals surface area (Å²) in [6.45, 7) is 1.93. The molecule has 114 valence electrons. The molecular weight excluding hydrogens is 356 g/mol. The van der Waals surface area contributed by atoms with Crippen molar-refractivity contribution in [3.63, 3.8) is 0 Å². The Labute approximate surface area is 136 Å². The van der Waals surface area contributed by atoms with Gasteiger partial charge in [-0.1, -0.05) is 0 Å². The van der Waals surface area contributed by atoms with Crippen LogP contribution in [0.1, 0.15) is 10.6 Å². The van der Waals surface area contributed by atoms with E-state index < -0.39 is 0 Å². The molecule has 0 aliphatic carbocycles. The van der Waals surface area contributed by atoms with Crippen molar-refractivity contribution in [3.05, 3.63) is 45.0 Å². The average Bonchev–Trinajstić information content (AvgIpc) is 3.12. The first-order valence-electron chi connectivity index (χ1n) is 6.47. The molecule has 2 aromatic rings. The maximum absolute atomic E-state index is 12.3. The third-order valence-electron chi connectivity index (χ3n) is 2.82. The molecule has 2 aromatic heterocycles. The van der Waals surface area contributed by atoms with Gasteiger partial charge in [0.25, 0.3) is 0 Å². The van der Waals surface area contributed by atoms with Crippen molar-refractivity contribution >= 4 is 33.3 Å². The molecule has 0 aliphatic heterocycles. The van der Waals surface area contributed by atoms with E-state index in [2.05, 4.69) is 21.2 Å². The minimum Gasteiger partial charge on any atom is -0.467 e. The van der Waals surface area contributed by atoms with Gasteiger partial charge in [-0.15, -0.1) is 11.3 Å². The lowest BCUT2D eigenvalue weighted by Gasteiger charge is -2.21. The number of amides is 2. The first kappa shape index (κ1) is 16.1. The van der Waals surface area contributed by atoms with E-state index in [1.54, 1.807) is 29.6 Å². The number of hydrogen-bond acceptors (Lipinski definition) is 4. The summed E-state index contributed by atoms with van der Waals surface area (Å²) >= 11 is 5.01. The molecule has 0 saturated carbocycles. The highest BCUT2D eigenvalue weighted by Gasteiger charge is 2.15. The van der Waals surface area contributed by atoms with Crippen LogP contribution < -0.4 is 5.32 Å². The SMILES string of the molecule is COCCN(Cc1ccco1)C(=O)NCc1ccc(Br)s1. The number of carbonyl (C=O) groups excluding carboxylic acids is 1. The second kappa shape index (κ2) is 8.21. The Kier molecular flexibility index (Phi) is 6.28. The Morgan fingerprint density at radius 2 is 2.33 bits per heavy atom. The van der Waals surface area contributed by atoms with Crippen LogP contribution in [0.25, 0.3) is 0 Å². The molecule has 0 fully saturated rings. The molecule has 2 heterocycles. The van der Waals surface area contributed by atoms with Gasteiger partial charge in [0.15, 0.2) is 0 Å². The zero-order valence-corrected chi connectivity index (χ0v) is 14.1. The zero-order valence-electron chi connectivity index (χ0n) is 11.7. The van der Waals surface area contributed by atoms with Crippen molar-refractivity contribution in [1.29, 1.82) is 0 Å². The largest absolute Gasteiger partial charge is 0.467 e. The van der Waals surface area contributed by atoms with Crippen molar-refractivity contribution in [1.82, 2.24) is 10.2 Å². The summed E-state index contributed by atoms with van der Waals surface area (Å²) in [6, 6.07) is 7.49. The number of carbonyl (C=O) groups is 1. The molecule has 0 spiro atoms. The quantitative estimate of drug-likeness (QED) is 0.809. The maximum atomic E-state index is 12.3. The molecule has 0 bridgehead atoms. The summed E-state index contributed by atoms with van der Waals surface area (Å²) in [5, 5.41) is 2.91. The minimum atomic E-state index is -0.132. The molecule has 5 nitrogen and oxygen atoms in total. The van der Waals surface area contributed by atoms with Crippen LogP contribution >= 0.6 is 27.3 Å². The van der Waals surface area contributed by atoms with Crippen molar-refractivity contribution in [2.75, 3.05) is 20.3 Å². The Morgan fingerprint density at radius 3 is 2.95 bits per heavy atom. The highest BCUT2D eigenvalue weighted by atomic mass is 79.9. The Bertz CT molecular complexity index is 556. The Balaban J connectivity index is 1.90. The summed E-state index contributed by atoms with van der Waals surface area (Å²) in [6.07, 6.45) is 1.60. The van der Waals surface area contributed by atoms with Gasteiger partial charge in [0.2, 0.25) is 0 Å². The van der Waals surface area contributed by atoms with Crippen molar-refractivity contribution in [3.8, 4) is 0 Å². The lowest BCUT2D eigenvalue weighted by atomic mass is 10.4. The molecule has 0 aromatic carbocycles. The second-order valence-corrected chi connectivity index (χ2v) is 6.91. The van der Waals surface area contributed by atoms with Gasteiger partial charge in [0, 0.05) is 18.5 Å². The van der Waals surface area contributed by atoms with Gasteiger partial charge >= 0.3 is 6.03 Å². The van der Waals surface area contributed by atoms with E-state index >= 15 is 0 Å². The van der Waals surface area contributed by atoms with E-state index in [4.69, 9.17) is 9.15 Å². The van der Waals surface area contributed by atoms with E-state index in [1.165, 1.54) is 0 Å². The highest BCUT2D eigenvalue weighted by Crippen LogP contribution is 2.21. The first-order valence-corrected chi connectivity index (χ1v) is 8.08. The molecule has 21 heavy (non-hydrogen) atoms. The number of ether oxygens (including phenoxy) is 1. The predicted molar refractivity (Wildman–Crippen MR) is 85.2 cm³/mol. The van der Waals surface area contributed by atoms with Crippen molar-refractivity contribution < 1.29 is 13.9 Å². The number of methoxy groups -OCH3 is 1. The molecule has 0 radical (unpaired) electrons. The summed E-state index contributed by atoms with van der Waals surface area (Å²) in [7, 11) is 1.62. The Morgan fingerprint density at radius 1 is 1.48 bits per heavy atom. The van der Waals surface area contributed by atoms with Crippen LogP contribution in [-0.4, -0.2) is 31.2 Å². The second-order valence-electron chi connectivity index (χ2n) is 4.36. The van der Waals surface area contributed by atoms with Gasteiger partial charge in [-0.25, -0.2) is 4.79 Å². The lowest BCUT2D eigenvalue weighted by Crippen LogP contribution is -2.40. The zero-order chi connectivity index (χ0) is 15.1. The third-order valence-corrected chi connectivity index (χ3v) is 4.45. The van der Waals surface area contributed by atoms with Gasteiger partial charge in [0.05, 0.1) is 29.7 Å². The molecule has 0 saturated heterocycles. The average molecular weight is 373 g/mol. The number of hydrogen-bond donors (Lipinski definition) is 1. The van der Waals surface area contributed by atoms with E-state index in [0.29, 0.717) is 26.2 Å². The highest BCUT2D eigenvalue weighted by molar-refractivity contribution is 9.11. The number of urea groups is 1. The topological polar surface area (TPSA) is 54.7 Å². The third kappa shape index (κ3) is 5.18. The lowest BCUT2D eigenvalue weighted by molar-refractivity contribution is 0.142. The van der Waals surface area contributed by atoms with Crippen molar-refractivity contribution in [2.45, 2.75) is 13.1 Å². The van der Waals surface area contributed by atoms with Crippen LogP contribution in [-0.2, 0) is 17.8 Å². The van der Waals surface area contributed by atoms with Gasteiger partial charge in [-0.2, -0.15) is 0 Å². The van der Waals surface area contributed by atoms with Crippen LogP contribution in [0.4, 0.5) is 4.79 Å². The first-order chi connectivity index (χ1) is 10.2. The van der Waals surface area contributed by atoms with Crippen LogP contribution in [0.5, 0.6) is 0 Å². The van der Waals surface area contributed by atoms with Crippen molar-refractivity contribution in [2.24, 2.45) is 0 Å². The molecule has 2 amide bonds. The smallest absolute Gasteiger partial charge is 0.318 e. The van der Waals surface area contributed by atoms with E-state index in [9.17, 15) is 4.79 Å². The van der Waals surface area contributed by atoms with Crippen LogP contribution in [0, 0.1) is 0 Å². The molecule has 2 rings (SSSR count). The standard InChI is InChI=1S/C14H17BrN2O3S/c1-19-8-6-17(10-11-3-2-7-20-11)14(18)16-9-12-4-5-13(15)21-12/h2-5,7H,6,8-10H2,1H3,(H,16,18). The number of nitrogens with one attached hydrogen (secondary N) is 1. The van der Waals surface area contributed by atoms with E-state index in [1.807, 2.05) is 24.3 Å². The van der Waals surface area contributed by atoms with Gasteiger partial charge in [-0.05, 0) is 40.2 Å². The van der Waals surface area contributed by atoms with Crippen LogP contribution in [0.3, 0.4) is 0 Å². The van der Waals surface area contributed by atoms with Gasteiger partial charge < -0.3 is 19.4 Å². The molecule has 7 heteroatoms. The summed E-state index contributed by atoms with van der Waals surface area (Å²) in [5.41, 5.74) is 0. The van der Waals surface area contributed by atoms with Gasteiger partial charge in [-0.3, -0.25) is 0 Å². The number of furan rings is 1. The number of halogens is 1. The Hall–Kier alpha value is -1.31. The summed E-state index contributed by atoms with van der Waals surface area (Å²) in [4.78, 5) is 15.0. The number of nitrogens with zero attached hydrogens (tertiary/aromatic N) is 1. The maximum Gasteiger partial charge on any atom is 0.318 e. The monoisotopic (exact) mass is 372 g/mol. The summed E-state index contributed by atoms with van der Waals surface area (Å²) in [5.74, 6) is 0.750. The number of rotatable bonds is 7. The fourth-order valence-electron chi connectivity index (χ4n) is 1.77. The summed E-state index contributed by atoms with van der Waals surface area (Å²) < 4.78 is 11.4. The number of thiophene rings is 1. The fourth-order valence-corrected chi connectivity index (χ4v) is 3.19. The van der Waals surface area contributed by atoms with E-state index in [-0.39, 0.29) is 6.03 Å². The molecule has 1 N–H and O–H groups in total. The molecule has 0 atom stereocenters.